The van der Waals surface area contributed by atoms with Gasteiger partial charge in [0.05, 0.1) is 24.3 Å². The lowest BCUT2D eigenvalue weighted by atomic mass is 10.1. The van der Waals surface area contributed by atoms with Gasteiger partial charge in [0, 0.05) is 22.3 Å². The van der Waals surface area contributed by atoms with Crippen molar-refractivity contribution in [2.75, 3.05) is 13.2 Å². The highest BCUT2D eigenvalue weighted by Crippen LogP contribution is 2.14. The molecule has 8 bridgehead atoms. The molecule has 0 saturated heterocycles. The summed E-state index contributed by atoms with van der Waals surface area (Å²) in [6.07, 6.45) is 3.41. The topological polar surface area (TPSA) is 78.4 Å². The Labute approximate surface area is 269 Å². The van der Waals surface area contributed by atoms with Crippen molar-refractivity contribution in [3.8, 4) is 47.4 Å². The van der Waals surface area contributed by atoms with Crippen molar-refractivity contribution in [3.63, 3.8) is 0 Å². The fourth-order valence-corrected chi connectivity index (χ4v) is 4.26. The molecule has 6 heteroatoms. The van der Waals surface area contributed by atoms with E-state index in [0.717, 1.165) is 25.7 Å². The first-order chi connectivity index (χ1) is 22.5. The molecule has 0 aliphatic carbocycles. The Hall–Kier alpha value is -6.08. The zero-order chi connectivity index (χ0) is 32.1. The van der Waals surface area contributed by atoms with Crippen molar-refractivity contribution >= 4 is 11.9 Å². The predicted molar refractivity (Wildman–Crippen MR) is 176 cm³/mol. The molecule has 0 saturated carbocycles. The van der Waals surface area contributed by atoms with Gasteiger partial charge in [-0.1, -0.05) is 62.5 Å². The van der Waals surface area contributed by atoms with E-state index in [2.05, 4.69) is 57.3 Å². The van der Waals surface area contributed by atoms with E-state index in [4.69, 9.17) is 9.47 Å². The highest BCUT2D eigenvalue weighted by Gasteiger charge is 2.11. The summed E-state index contributed by atoms with van der Waals surface area (Å²) in [6.45, 7) is 4.76. The number of ether oxygens (including phenoxy) is 2. The van der Waals surface area contributed by atoms with Crippen LogP contribution in [0.25, 0.3) is 0 Å². The second kappa shape index (κ2) is 15.6. The van der Waals surface area contributed by atoms with Gasteiger partial charge >= 0.3 is 11.9 Å². The molecule has 46 heavy (non-hydrogen) atoms. The standard InChI is InChI=1S/C40H30N2O4/c1-3-5-21-45-39(43)33-25-29-13-17-35-9-7-11-37(41-35)19-15-31-24-32(28-34(27-31)40(44)46-22-6-4-2)16-20-38-12-8-10-36(42-38)18-14-30(23-29)26-33/h7-12,23-28H,3-6,21-22H2,1-2H3. The number of carbonyl (C=O) groups is 2. The van der Waals surface area contributed by atoms with Crippen LogP contribution in [0.15, 0.2) is 72.8 Å². The van der Waals surface area contributed by atoms with Gasteiger partial charge in [-0.2, -0.15) is 0 Å². The fourth-order valence-electron chi connectivity index (χ4n) is 4.26. The van der Waals surface area contributed by atoms with Crippen molar-refractivity contribution in [2.45, 2.75) is 39.5 Å². The van der Waals surface area contributed by atoms with Crippen LogP contribution >= 0.6 is 0 Å². The predicted octanol–water partition coefficient (Wildman–Crippen LogP) is 6.30. The second-order valence-electron chi connectivity index (χ2n) is 10.4. The fraction of sp³-hybridized carbons (Fsp3) is 0.200. The van der Waals surface area contributed by atoms with Crippen LogP contribution in [0, 0.1) is 47.4 Å². The summed E-state index contributed by atoms with van der Waals surface area (Å²) in [5.74, 6) is 23.9. The molecule has 0 fully saturated rings. The van der Waals surface area contributed by atoms with Crippen LogP contribution < -0.4 is 0 Å². The SMILES string of the molecule is CCCCOC(=O)c1cc2cc(c1)C#Cc1cccc(n1)C#Cc1cc(cc(C(=O)OCCCC)c1)C#Cc1cccc(n1)C#C2. The number of rotatable bonds is 8. The smallest absolute Gasteiger partial charge is 0.338 e. The molecular formula is C40H30N2O4. The molecule has 2 aromatic carbocycles. The second-order valence-corrected chi connectivity index (χ2v) is 10.4. The molecule has 0 atom stereocenters. The van der Waals surface area contributed by atoms with E-state index in [1.807, 2.05) is 38.1 Å². The van der Waals surface area contributed by atoms with Gasteiger partial charge in [0.25, 0.3) is 0 Å². The molecule has 0 radical (unpaired) electrons. The third-order valence-corrected chi connectivity index (χ3v) is 6.64. The zero-order valence-corrected chi connectivity index (χ0v) is 25.7. The van der Waals surface area contributed by atoms with Gasteiger partial charge in [-0.25, -0.2) is 19.6 Å². The molecule has 1 aliphatic heterocycles. The summed E-state index contributed by atoms with van der Waals surface area (Å²) in [6, 6.07) is 21.2. The van der Waals surface area contributed by atoms with E-state index >= 15 is 0 Å². The van der Waals surface area contributed by atoms with Crippen LogP contribution in [-0.2, 0) is 9.47 Å². The number of unbranched alkanes of at least 4 members (excludes halogenated alkanes) is 2. The largest absolute Gasteiger partial charge is 0.462 e. The maximum Gasteiger partial charge on any atom is 0.338 e. The van der Waals surface area contributed by atoms with Crippen molar-refractivity contribution in [3.05, 3.63) is 129 Å². The molecule has 6 nitrogen and oxygen atoms in total. The first-order valence-electron chi connectivity index (χ1n) is 15.2. The van der Waals surface area contributed by atoms with Crippen LogP contribution in [0.2, 0.25) is 0 Å². The number of hydrogen-bond donors (Lipinski definition) is 0. The molecule has 0 N–H and O–H groups in total. The summed E-state index contributed by atoms with van der Waals surface area (Å²) in [5, 5.41) is 0. The lowest BCUT2D eigenvalue weighted by Gasteiger charge is -2.05. The van der Waals surface area contributed by atoms with Gasteiger partial charge in [0.15, 0.2) is 0 Å². The third-order valence-electron chi connectivity index (χ3n) is 6.64. The van der Waals surface area contributed by atoms with Crippen molar-refractivity contribution in [2.24, 2.45) is 0 Å². The average molecular weight is 603 g/mol. The van der Waals surface area contributed by atoms with Crippen molar-refractivity contribution < 1.29 is 19.1 Å². The maximum atomic E-state index is 12.8. The number of pyridine rings is 2. The zero-order valence-electron chi connectivity index (χ0n) is 25.7. The number of benzene rings is 2. The molecule has 0 unspecified atom stereocenters. The Morgan fingerprint density at radius 1 is 0.522 bits per heavy atom. The Bertz CT molecular complexity index is 1790. The number of carbonyl (C=O) groups excluding carboxylic acids is 2. The Balaban J connectivity index is 1.60. The van der Waals surface area contributed by atoms with E-state index in [1.54, 1.807) is 48.5 Å². The van der Waals surface area contributed by atoms with Crippen LogP contribution in [0.1, 0.15) is 105 Å². The molecule has 3 heterocycles. The highest BCUT2D eigenvalue weighted by molar-refractivity contribution is 5.91. The average Bonchev–Trinajstić information content (AvgIpc) is 3.08. The summed E-state index contributed by atoms with van der Waals surface area (Å²) < 4.78 is 10.9. The normalized spacial score (nSPS) is 10.7. The molecule has 224 valence electrons. The van der Waals surface area contributed by atoms with Crippen molar-refractivity contribution in [1.82, 2.24) is 9.97 Å². The Morgan fingerprint density at radius 2 is 0.848 bits per heavy atom. The van der Waals surface area contributed by atoms with Gasteiger partial charge in [-0.05, 0) is 97.2 Å². The van der Waals surface area contributed by atoms with E-state index in [9.17, 15) is 9.59 Å². The number of nitrogens with zero attached hydrogens (tertiary/aromatic N) is 2. The minimum Gasteiger partial charge on any atom is -0.462 e. The molecular weight excluding hydrogens is 572 g/mol. The molecule has 0 spiro atoms. The lowest BCUT2D eigenvalue weighted by Crippen LogP contribution is -2.07. The Morgan fingerprint density at radius 3 is 1.15 bits per heavy atom. The van der Waals surface area contributed by atoms with Crippen LogP contribution in [0.5, 0.6) is 0 Å². The first kappa shape index (κ1) is 31.3. The van der Waals surface area contributed by atoms with Crippen LogP contribution in [-0.4, -0.2) is 35.1 Å². The molecule has 2 aromatic heterocycles. The van der Waals surface area contributed by atoms with E-state index in [1.165, 1.54) is 0 Å². The van der Waals surface area contributed by atoms with Crippen LogP contribution in [0.4, 0.5) is 0 Å². The third kappa shape index (κ3) is 8.97. The van der Waals surface area contributed by atoms with E-state index < -0.39 is 11.9 Å². The van der Waals surface area contributed by atoms with Gasteiger partial charge < -0.3 is 9.47 Å². The molecule has 5 rings (SSSR count). The molecule has 0 amide bonds. The lowest BCUT2D eigenvalue weighted by molar-refractivity contribution is 0.0490. The first-order valence-corrected chi connectivity index (χ1v) is 15.2. The van der Waals surface area contributed by atoms with Gasteiger partial charge in [0.2, 0.25) is 0 Å². The summed E-state index contributed by atoms with van der Waals surface area (Å²) in [4.78, 5) is 34.8. The highest BCUT2D eigenvalue weighted by atomic mass is 16.5. The Kier molecular flexibility index (Phi) is 10.6. The molecule has 1 aliphatic rings. The van der Waals surface area contributed by atoms with E-state index in [-0.39, 0.29) is 0 Å². The number of esters is 2. The van der Waals surface area contributed by atoms with Crippen LogP contribution in [0.3, 0.4) is 0 Å². The number of aromatic nitrogens is 2. The molecule has 4 aromatic rings. The minimum absolute atomic E-state index is 0.343. The number of fused-ring (bicyclic) bond motifs is 8. The van der Waals surface area contributed by atoms with Gasteiger partial charge in [0.1, 0.15) is 22.8 Å². The van der Waals surface area contributed by atoms with Gasteiger partial charge in [-0.3, -0.25) is 0 Å². The van der Waals surface area contributed by atoms with E-state index in [0.29, 0.717) is 69.4 Å². The maximum absolute atomic E-state index is 12.8. The monoisotopic (exact) mass is 602 g/mol. The quantitative estimate of drug-likeness (QED) is 0.118. The van der Waals surface area contributed by atoms with Gasteiger partial charge in [-0.15, -0.1) is 0 Å². The number of hydrogen-bond acceptors (Lipinski definition) is 6. The van der Waals surface area contributed by atoms with Crippen molar-refractivity contribution in [1.29, 1.82) is 0 Å². The summed E-state index contributed by atoms with van der Waals surface area (Å²) in [7, 11) is 0. The summed E-state index contributed by atoms with van der Waals surface area (Å²) >= 11 is 0. The minimum atomic E-state index is -0.430. The summed E-state index contributed by atoms with van der Waals surface area (Å²) in [5.41, 5.74) is 5.10.